The Balaban J connectivity index is 2.33. The summed E-state index contributed by atoms with van der Waals surface area (Å²) in [5.74, 6) is -0.824. The number of allylic oxidation sites excluding steroid dienone is 1. The lowest BCUT2D eigenvalue weighted by Crippen LogP contribution is -2.51. The summed E-state index contributed by atoms with van der Waals surface area (Å²) in [5.41, 5.74) is 0.672. The number of carbonyl (C=O) groups excluding carboxylic acids is 2. The van der Waals surface area contributed by atoms with E-state index < -0.39 is 33.0 Å². The van der Waals surface area contributed by atoms with Gasteiger partial charge in [-0.3, -0.25) is 15.0 Å². The van der Waals surface area contributed by atoms with E-state index in [0.29, 0.717) is 4.31 Å². The predicted molar refractivity (Wildman–Crippen MR) is 119 cm³/mol. The van der Waals surface area contributed by atoms with Crippen LogP contribution in [-0.2, 0) is 19.6 Å². The monoisotopic (exact) mass is 473 g/mol. The number of aryl methyl sites for hydroxylation is 1. The molecular weight excluding hydrogens is 450 g/mol. The van der Waals surface area contributed by atoms with Gasteiger partial charge in [0.05, 0.1) is 22.0 Å². The molecule has 1 aliphatic rings. The average Bonchev–Trinajstić information content (AvgIpc) is 2.77. The molecule has 0 spiro atoms. The first-order valence-corrected chi connectivity index (χ1v) is 11.5. The first-order valence-electron chi connectivity index (χ1n) is 10.0. The molecule has 0 saturated carbocycles. The van der Waals surface area contributed by atoms with Gasteiger partial charge < -0.3 is 4.74 Å². The zero-order valence-electron chi connectivity index (χ0n) is 18.5. The molecule has 2 aromatic carbocycles. The van der Waals surface area contributed by atoms with Crippen LogP contribution in [0.3, 0.4) is 0 Å². The first-order chi connectivity index (χ1) is 15.5. The zero-order chi connectivity index (χ0) is 24.5. The number of sulfonamides is 1. The third-order valence-corrected chi connectivity index (χ3v) is 7.10. The molecule has 0 radical (unpaired) electrons. The number of benzene rings is 2. The van der Waals surface area contributed by atoms with E-state index in [4.69, 9.17) is 4.74 Å². The van der Waals surface area contributed by atoms with Crippen molar-refractivity contribution in [3.05, 3.63) is 81.0 Å². The Labute approximate surface area is 191 Å². The van der Waals surface area contributed by atoms with Gasteiger partial charge in [0.2, 0.25) is 0 Å². The maximum absolute atomic E-state index is 13.7. The molecule has 0 bridgehead atoms. The molecule has 1 unspecified atom stereocenters. The molecule has 2 aromatic rings. The minimum atomic E-state index is -4.47. The maximum Gasteiger partial charge on any atom is 0.338 e. The van der Waals surface area contributed by atoms with E-state index >= 15 is 0 Å². The Hall–Kier alpha value is -3.73. The van der Waals surface area contributed by atoms with Gasteiger partial charge in [0.15, 0.2) is 0 Å². The van der Waals surface area contributed by atoms with Crippen molar-refractivity contribution in [2.24, 2.45) is 0 Å². The molecule has 1 aliphatic heterocycles. The van der Waals surface area contributed by atoms with Crippen LogP contribution in [0.15, 0.2) is 64.7 Å². The summed E-state index contributed by atoms with van der Waals surface area (Å²) in [7, 11) is -3.12. The molecule has 3 rings (SSSR count). The second kappa shape index (κ2) is 9.02. The number of amides is 2. The van der Waals surface area contributed by atoms with Gasteiger partial charge >= 0.3 is 12.0 Å². The first kappa shape index (κ1) is 23.9. The van der Waals surface area contributed by atoms with Crippen molar-refractivity contribution < 1.29 is 27.7 Å². The molecule has 11 heteroatoms. The topological polar surface area (TPSA) is 127 Å². The highest BCUT2D eigenvalue weighted by Crippen LogP contribution is 2.41. The second-order valence-corrected chi connectivity index (χ2v) is 9.24. The molecule has 0 aromatic heterocycles. The number of hydrogen-bond donors (Lipinski definition) is 0. The minimum Gasteiger partial charge on any atom is -0.463 e. The molecule has 1 heterocycles. The lowest BCUT2D eigenvalue weighted by molar-refractivity contribution is -0.384. The van der Waals surface area contributed by atoms with Crippen molar-refractivity contribution in [1.82, 2.24) is 9.21 Å². The number of non-ortho nitro benzene ring substituents is 1. The van der Waals surface area contributed by atoms with Crippen molar-refractivity contribution >= 4 is 27.7 Å². The number of nitro benzene ring substituents is 1. The fourth-order valence-corrected chi connectivity index (χ4v) is 5.08. The summed E-state index contributed by atoms with van der Waals surface area (Å²) >= 11 is 0. The molecule has 33 heavy (non-hydrogen) atoms. The second-order valence-electron chi connectivity index (χ2n) is 7.43. The molecular formula is C22H23N3O7S. The number of hydrogen-bond acceptors (Lipinski definition) is 7. The Morgan fingerprint density at radius 3 is 2.36 bits per heavy atom. The van der Waals surface area contributed by atoms with Crippen molar-refractivity contribution in [3.63, 3.8) is 0 Å². The number of urea groups is 1. The number of nitro groups is 1. The predicted octanol–water partition coefficient (Wildman–Crippen LogP) is 3.54. The highest BCUT2D eigenvalue weighted by Gasteiger charge is 2.47. The molecule has 1 atom stereocenters. The quantitative estimate of drug-likeness (QED) is 0.357. The Bertz CT molecular complexity index is 1250. The van der Waals surface area contributed by atoms with E-state index in [2.05, 4.69) is 0 Å². The number of nitrogens with zero attached hydrogens (tertiary/aromatic N) is 3. The van der Waals surface area contributed by atoms with Gasteiger partial charge in [-0.05, 0) is 38.5 Å². The van der Waals surface area contributed by atoms with Gasteiger partial charge in [-0.25, -0.2) is 22.3 Å². The fraction of sp³-hybridized carbons (Fsp3) is 0.273. The van der Waals surface area contributed by atoms with E-state index in [1.807, 2.05) is 0 Å². The number of rotatable bonds is 6. The van der Waals surface area contributed by atoms with Crippen LogP contribution in [-0.4, -0.2) is 48.2 Å². The summed E-state index contributed by atoms with van der Waals surface area (Å²) in [5, 5.41) is 11.4. The van der Waals surface area contributed by atoms with Gasteiger partial charge in [0, 0.05) is 24.9 Å². The normalized spacial score (nSPS) is 16.7. The lowest BCUT2D eigenvalue weighted by Gasteiger charge is -2.40. The molecule has 174 valence electrons. The highest BCUT2D eigenvalue weighted by molar-refractivity contribution is 7.89. The van der Waals surface area contributed by atoms with Crippen LogP contribution in [0.4, 0.5) is 10.5 Å². The SMILES string of the molecule is CCOC(=O)C1=C(C)N(C)C(=O)N(S(=O)(=O)c2ccc(C)cc2)C1c1cccc([N+](=O)[O-])c1. The molecule has 10 nitrogen and oxygen atoms in total. The van der Waals surface area contributed by atoms with E-state index in [1.54, 1.807) is 26.0 Å². The van der Waals surface area contributed by atoms with Crippen molar-refractivity contribution in [1.29, 1.82) is 0 Å². The number of carbonyl (C=O) groups is 2. The van der Waals surface area contributed by atoms with Crippen molar-refractivity contribution in [2.75, 3.05) is 13.7 Å². The summed E-state index contributed by atoms with van der Waals surface area (Å²) < 4.78 is 33.1. The number of ether oxygens (including phenoxy) is 1. The summed E-state index contributed by atoms with van der Waals surface area (Å²) in [6, 6.07) is 8.70. The van der Waals surface area contributed by atoms with Crippen LogP contribution in [0.5, 0.6) is 0 Å². The summed E-state index contributed by atoms with van der Waals surface area (Å²) in [6.07, 6.45) is 0. The van der Waals surface area contributed by atoms with E-state index in [1.165, 1.54) is 44.3 Å². The minimum absolute atomic E-state index is 0.0135. The smallest absolute Gasteiger partial charge is 0.338 e. The van der Waals surface area contributed by atoms with E-state index in [-0.39, 0.29) is 34.0 Å². The van der Waals surface area contributed by atoms with Gasteiger partial charge in [-0.2, -0.15) is 0 Å². The van der Waals surface area contributed by atoms with Gasteiger partial charge in [-0.1, -0.05) is 29.8 Å². The molecule has 2 amide bonds. The van der Waals surface area contributed by atoms with Crippen molar-refractivity contribution in [3.8, 4) is 0 Å². The van der Waals surface area contributed by atoms with Crippen LogP contribution < -0.4 is 0 Å². The summed E-state index contributed by atoms with van der Waals surface area (Å²) in [6.45, 7) is 4.88. The van der Waals surface area contributed by atoms with Gasteiger partial charge in [-0.15, -0.1) is 0 Å². The largest absolute Gasteiger partial charge is 0.463 e. The van der Waals surface area contributed by atoms with Crippen molar-refractivity contribution in [2.45, 2.75) is 31.7 Å². The molecule has 0 saturated heterocycles. The van der Waals surface area contributed by atoms with Crippen LogP contribution in [0.2, 0.25) is 0 Å². The molecule has 0 aliphatic carbocycles. The third kappa shape index (κ3) is 4.31. The number of esters is 1. The van der Waals surface area contributed by atoms with E-state index in [0.717, 1.165) is 16.5 Å². The van der Waals surface area contributed by atoms with Crippen LogP contribution in [0.1, 0.15) is 31.0 Å². The Morgan fingerprint density at radius 2 is 1.79 bits per heavy atom. The Kier molecular flexibility index (Phi) is 6.54. The van der Waals surface area contributed by atoms with Crippen LogP contribution in [0.25, 0.3) is 0 Å². The average molecular weight is 474 g/mol. The van der Waals surface area contributed by atoms with E-state index in [9.17, 15) is 28.1 Å². The Morgan fingerprint density at radius 1 is 1.15 bits per heavy atom. The van der Waals surface area contributed by atoms with Crippen LogP contribution >= 0.6 is 0 Å². The third-order valence-electron chi connectivity index (χ3n) is 5.35. The highest BCUT2D eigenvalue weighted by atomic mass is 32.2. The molecule has 0 N–H and O–H groups in total. The van der Waals surface area contributed by atoms with Gasteiger partial charge in [0.1, 0.15) is 6.04 Å². The summed E-state index contributed by atoms with van der Waals surface area (Å²) in [4.78, 5) is 37.9. The standard InChI is InChI=1S/C22H23N3O7S/c1-5-32-21(26)19-15(3)23(4)22(27)24(33(30,31)18-11-9-14(2)10-12-18)20(19)16-7-6-8-17(13-16)25(28)29/h6-13,20H,5H2,1-4H3. The fourth-order valence-electron chi connectivity index (χ4n) is 3.54. The van der Waals surface area contributed by atoms with Gasteiger partial charge in [0.25, 0.3) is 15.7 Å². The maximum atomic E-state index is 13.7. The van der Waals surface area contributed by atoms with Crippen LogP contribution in [0, 0.1) is 17.0 Å². The molecule has 0 fully saturated rings. The zero-order valence-corrected chi connectivity index (χ0v) is 19.3. The lowest BCUT2D eigenvalue weighted by atomic mass is 9.94.